The van der Waals surface area contributed by atoms with Crippen LogP contribution in [0.4, 0.5) is 5.82 Å². The van der Waals surface area contributed by atoms with Gasteiger partial charge in [-0.2, -0.15) is 0 Å². The van der Waals surface area contributed by atoms with Crippen molar-refractivity contribution in [3.8, 4) is 5.75 Å². The van der Waals surface area contributed by atoms with E-state index < -0.39 is 0 Å². The Morgan fingerprint density at radius 2 is 2.43 bits per heavy atom. The molecule has 0 aromatic carbocycles. The van der Waals surface area contributed by atoms with E-state index in [1.165, 1.54) is 13.4 Å². The fourth-order valence-corrected chi connectivity index (χ4v) is 1.47. The van der Waals surface area contributed by atoms with Crippen LogP contribution in [0, 0.1) is 0 Å². The topological polar surface area (TPSA) is 84.2 Å². The molecule has 2 rings (SSSR count). The van der Waals surface area contributed by atoms with E-state index in [1.807, 2.05) is 4.90 Å². The number of nitrogens with two attached hydrogens (primary N) is 1. The maximum Gasteiger partial charge on any atom is 0.295 e. The van der Waals surface area contributed by atoms with Crippen LogP contribution in [0.15, 0.2) is 11.1 Å². The minimum absolute atomic E-state index is 0.167. The number of H-pyrrole nitrogens is 1. The molecule has 1 fully saturated rings. The maximum atomic E-state index is 11.3. The summed E-state index contributed by atoms with van der Waals surface area (Å²) in [6.07, 6.45) is 1.37. The van der Waals surface area contributed by atoms with E-state index in [9.17, 15) is 4.79 Å². The zero-order chi connectivity index (χ0) is 10.1. The van der Waals surface area contributed by atoms with Crippen molar-refractivity contribution in [2.24, 2.45) is 5.73 Å². The molecule has 6 nitrogen and oxygen atoms in total. The Hall–Kier alpha value is -1.56. The third-order valence-electron chi connectivity index (χ3n) is 2.21. The second-order valence-electron chi connectivity index (χ2n) is 3.25. The fourth-order valence-electron chi connectivity index (χ4n) is 1.47. The number of rotatable bonds is 2. The van der Waals surface area contributed by atoms with Crippen LogP contribution in [-0.4, -0.2) is 36.2 Å². The predicted molar refractivity (Wildman–Crippen MR) is 51.6 cm³/mol. The second kappa shape index (κ2) is 3.30. The molecule has 0 saturated carbocycles. The zero-order valence-electron chi connectivity index (χ0n) is 7.86. The summed E-state index contributed by atoms with van der Waals surface area (Å²) in [7, 11) is 1.45. The molecule has 1 aromatic rings. The standard InChI is InChI=1S/C8H12N4O2/c1-14-6-7(10-4-11-8(6)13)12-2-5(9)3-12/h4-5H,2-3,9H2,1H3,(H,10,11,13). The van der Waals surface area contributed by atoms with E-state index >= 15 is 0 Å². The number of nitrogens with zero attached hydrogens (tertiary/aromatic N) is 2. The van der Waals surface area contributed by atoms with Crippen molar-refractivity contribution in [3.63, 3.8) is 0 Å². The van der Waals surface area contributed by atoms with Crippen LogP contribution in [0.1, 0.15) is 0 Å². The highest BCUT2D eigenvalue weighted by Gasteiger charge is 2.27. The first kappa shape index (κ1) is 9.01. The van der Waals surface area contributed by atoms with Crippen molar-refractivity contribution >= 4 is 5.82 Å². The molecule has 0 unspecified atom stereocenters. The average molecular weight is 196 g/mol. The minimum atomic E-state index is -0.266. The van der Waals surface area contributed by atoms with Gasteiger partial charge >= 0.3 is 0 Å². The molecule has 0 atom stereocenters. The van der Waals surface area contributed by atoms with Crippen molar-refractivity contribution in [2.75, 3.05) is 25.1 Å². The van der Waals surface area contributed by atoms with E-state index in [0.29, 0.717) is 18.9 Å². The molecule has 14 heavy (non-hydrogen) atoms. The molecule has 0 amide bonds. The Kier molecular flexibility index (Phi) is 2.12. The molecule has 0 radical (unpaired) electrons. The van der Waals surface area contributed by atoms with Gasteiger partial charge in [0.15, 0.2) is 5.82 Å². The molecule has 0 aliphatic carbocycles. The second-order valence-corrected chi connectivity index (χ2v) is 3.25. The molecule has 2 heterocycles. The summed E-state index contributed by atoms with van der Waals surface area (Å²) in [5, 5.41) is 0. The van der Waals surface area contributed by atoms with E-state index in [4.69, 9.17) is 10.5 Å². The number of hydrogen-bond acceptors (Lipinski definition) is 5. The maximum absolute atomic E-state index is 11.3. The first-order valence-corrected chi connectivity index (χ1v) is 4.34. The highest BCUT2D eigenvalue weighted by molar-refractivity contribution is 5.53. The lowest BCUT2D eigenvalue weighted by Crippen LogP contribution is -2.56. The van der Waals surface area contributed by atoms with Gasteiger partial charge in [-0.15, -0.1) is 0 Å². The minimum Gasteiger partial charge on any atom is -0.489 e. The van der Waals surface area contributed by atoms with Crippen molar-refractivity contribution in [1.82, 2.24) is 9.97 Å². The Morgan fingerprint density at radius 3 is 3.00 bits per heavy atom. The molecule has 6 heteroatoms. The van der Waals surface area contributed by atoms with Crippen LogP contribution in [0.2, 0.25) is 0 Å². The van der Waals surface area contributed by atoms with Crippen LogP contribution in [-0.2, 0) is 0 Å². The molecule has 1 saturated heterocycles. The van der Waals surface area contributed by atoms with Crippen LogP contribution in [0.3, 0.4) is 0 Å². The molecular weight excluding hydrogens is 184 g/mol. The summed E-state index contributed by atoms with van der Waals surface area (Å²) in [5.74, 6) is 0.817. The lowest BCUT2D eigenvalue weighted by Gasteiger charge is -2.37. The Morgan fingerprint density at radius 1 is 1.71 bits per heavy atom. The molecule has 1 aliphatic rings. The molecule has 1 aliphatic heterocycles. The molecule has 0 bridgehead atoms. The van der Waals surface area contributed by atoms with Gasteiger partial charge in [0.2, 0.25) is 5.75 Å². The van der Waals surface area contributed by atoms with Gasteiger partial charge in [0.1, 0.15) is 0 Å². The van der Waals surface area contributed by atoms with E-state index in [-0.39, 0.29) is 17.4 Å². The fraction of sp³-hybridized carbons (Fsp3) is 0.500. The first-order valence-electron chi connectivity index (χ1n) is 4.34. The summed E-state index contributed by atoms with van der Waals surface area (Å²) in [4.78, 5) is 19.7. The monoisotopic (exact) mass is 196 g/mol. The van der Waals surface area contributed by atoms with Crippen molar-refractivity contribution in [1.29, 1.82) is 0 Å². The van der Waals surface area contributed by atoms with Gasteiger partial charge in [-0.25, -0.2) is 4.98 Å². The van der Waals surface area contributed by atoms with Crippen molar-refractivity contribution < 1.29 is 4.74 Å². The number of anilines is 1. The van der Waals surface area contributed by atoms with Gasteiger partial charge in [0.05, 0.1) is 13.4 Å². The van der Waals surface area contributed by atoms with Gasteiger partial charge in [0, 0.05) is 19.1 Å². The third kappa shape index (κ3) is 1.33. The first-order chi connectivity index (χ1) is 6.72. The van der Waals surface area contributed by atoms with E-state index in [2.05, 4.69) is 9.97 Å². The summed E-state index contributed by atoms with van der Waals surface area (Å²) < 4.78 is 4.98. The smallest absolute Gasteiger partial charge is 0.295 e. The number of methoxy groups -OCH3 is 1. The predicted octanol–water partition coefficient (Wildman–Crippen LogP) is -1.07. The molecule has 76 valence electrons. The largest absolute Gasteiger partial charge is 0.489 e. The van der Waals surface area contributed by atoms with E-state index in [1.54, 1.807) is 0 Å². The number of hydrogen-bond donors (Lipinski definition) is 2. The highest BCUT2D eigenvalue weighted by atomic mass is 16.5. The van der Waals surface area contributed by atoms with Gasteiger partial charge in [-0.3, -0.25) is 4.79 Å². The van der Waals surface area contributed by atoms with Gasteiger partial charge in [0.25, 0.3) is 5.56 Å². The van der Waals surface area contributed by atoms with Crippen molar-refractivity contribution in [3.05, 3.63) is 16.7 Å². The quantitative estimate of drug-likeness (QED) is 0.629. The zero-order valence-corrected chi connectivity index (χ0v) is 7.86. The Labute approximate surface area is 80.7 Å². The lowest BCUT2D eigenvalue weighted by molar-refractivity contribution is 0.399. The molecular formula is C8H12N4O2. The summed E-state index contributed by atoms with van der Waals surface area (Å²) in [6.45, 7) is 1.43. The summed E-state index contributed by atoms with van der Waals surface area (Å²) in [5.41, 5.74) is 5.37. The highest BCUT2D eigenvalue weighted by Crippen LogP contribution is 2.24. The van der Waals surface area contributed by atoms with E-state index in [0.717, 1.165) is 0 Å². The van der Waals surface area contributed by atoms with Gasteiger partial charge < -0.3 is 20.4 Å². The summed E-state index contributed by atoms with van der Waals surface area (Å²) in [6, 6.07) is 0.167. The van der Waals surface area contributed by atoms with Gasteiger partial charge in [-0.1, -0.05) is 0 Å². The molecule has 3 N–H and O–H groups in total. The number of ether oxygens (including phenoxy) is 1. The summed E-state index contributed by atoms with van der Waals surface area (Å²) >= 11 is 0. The molecule has 0 spiro atoms. The van der Waals surface area contributed by atoms with Crippen LogP contribution < -0.4 is 20.9 Å². The number of nitrogens with one attached hydrogen (secondary N) is 1. The van der Waals surface area contributed by atoms with Crippen LogP contribution in [0.25, 0.3) is 0 Å². The number of aromatic amines is 1. The average Bonchev–Trinajstić information content (AvgIpc) is 2.13. The van der Waals surface area contributed by atoms with Gasteiger partial charge in [-0.05, 0) is 0 Å². The molecule has 1 aromatic heterocycles. The third-order valence-corrected chi connectivity index (χ3v) is 2.21. The SMILES string of the molecule is COc1c(N2CC(N)C2)nc[nH]c1=O. The van der Waals surface area contributed by atoms with Crippen LogP contribution in [0.5, 0.6) is 5.75 Å². The lowest BCUT2D eigenvalue weighted by atomic mass is 10.1. The van der Waals surface area contributed by atoms with Crippen LogP contribution >= 0.6 is 0 Å². The normalized spacial score (nSPS) is 16.6. The Bertz CT molecular complexity index is 383. The van der Waals surface area contributed by atoms with Crippen molar-refractivity contribution in [2.45, 2.75) is 6.04 Å². The Balaban J connectivity index is 2.33. The number of aromatic nitrogens is 2.